The molecule has 0 aromatic carbocycles. The molecule has 0 aromatic rings. The maximum atomic E-state index is 12.0. The van der Waals surface area contributed by atoms with Crippen molar-refractivity contribution in [3.05, 3.63) is 0 Å². The summed E-state index contributed by atoms with van der Waals surface area (Å²) >= 11 is 0. The van der Waals surface area contributed by atoms with Crippen molar-refractivity contribution in [3.63, 3.8) is 0 Å². The van der Waals surface area contributed by atoms with Gasteiger partial charge in [0.2, 0.25) is 0 Å². The number of carboxylic acids is 1. The number of alkyl halides is 3. The minimum Gasteiger partial charge on any atom is -0.480 e. The van der Waals surface area contributed by atoms with E-state index >= 15 is 0 Å². The Kier molecular flexibility index (Phi) is 5.64. The quantitative estimate of drug-likeness (QED) is 0.731. The van der Waals surface area contributed by atoms with E-state index in [0.717, 1.165) is 0 Å². The van der Waals surface area contributed by atoms with Crippen LogP contribution in [0, 0.1) is 0 Å². The minimum atomic E-state index is -4.26. The first kappa shape index (κ1) is 14.2. The molecule has 0 radical (unpaired) electrons. The number of aliphatic carboxylic acids is 1. The molecule has 0 aliphatic carbocycles. The molecule has 0 saturated carbocycles. The van der Waals surface area contributed by atoms with E-state index in [4.69, 9.17) is 5.11 Å². The van der Waals surface area contributed by atoms with E-state index in [9.17, 15) is 18.0 Å². The summed E-state index contributed by atoms with van der Waals surface area (Å²) in [6.07, 6.45) is -4.33. The largest absolute Gasteiger partial charge is 0.480 e. The summed E-state index contributed by atoms with van der Waals surface area (Å²) in [5, 5.41) is 11.2. The zero-order valence-electron chi connectivity index (χ0n) is 8.77. The Labute approximate surface area is 86.7 Å². The summed E-state index contributed by atoms with van der Waals surface area (Å²) in [6.45, 7) is 3.12. The highest BCUT2D eigenvalue weighted by Crippen LogP contribution is 2.21. The van der Waals surface area contributed by atoms with Gasteiger partial charge in [-0.1, -0.05) is 13.3 Å². The van der Waals surface area contributed by atoms with Gasteiger partial charge < -0.3 is 10.4 Å². The van der Waals surface area contributed by atoms with Gasteiger partial charge >= 0.3 is 12.1 Å². The van der Waals surface area contributed by atoms with Crippen LogP contribution in [0.4, 0.5) is 13.2 Å². The molecule has 0 fully saturated rings. The van der Waals surface area contributed by atoms with Gasteiger partial charge in [0.05, 0.1) is 6.42 Å². The third-order valence-electron chi connectivity index (χ3n) is 1.90. The van der Waals surface area contributed by atoms with Crippen molar-refractivity contribution in [2.24, 2.45) is 0 Å². The van der Waals surface area contributed by atoms with Crippen LogP contribution in [0.15, 0.2) is 0 Å². The first-order valence-electron chi connectivity index (χ1n) is 4.82. The molecule has 0 rings (SSSR count). The van der Waals surface area contributed by atoms with Gasteiger partial charge in [-0.3, -0.25) is 4.79 Å². The number of halogens is 3. The standard InChI is InChI=1S/C9H16F3NO2/c1-3-4-7(8(14)15)13-6(2)5-9(10,11)12/h6-7,13H,3-5H2,1-2H3,(H,14,15). The normalized spacial score (nSPS) is 16.1. The molecular weight excluding hydrogens is 211 g/mol. The van der Waals surface area contributed by atoms with Crippen LogP contribution >= 0.6 is 0 Å². The van der Waals surface area contributed by atoms with Gasteiger partial charge in [0.1, 0.15) is 6.04 Å². The van der Waals surface area contributed by atoms with Gasteiger partial charge in [-0.25, -0.2) is 0 Å². The zero-order chi connectivity index (χ0) is 12.1. The molecule has 2 unspecified atom stereocenters. The molecule has 0 spiro atoms. The smallest absolute Gasteiger partial charge is 0.390 e. The Balaban J connectivity index is 4.11. The van der Waals surface area contributed by atoms with E-state index in [0.29, 0.717) is 12.8 Å². The van der Waals surface area contributed by atoms with Crippen LogP contribution < -0.4 is 5.32 Å². The fourth-order valence-electron chi connectivity index (χ4n) is 1.32. The monoisotopic (exact) mass is 227 g/mol. The Hall–Kier alpha value is -0.780. The van der Waals surface area contributed by atoms with Crippen LogP contribution in [0.1, 0.15) is 33.1 Å². The molecule has 0 bridgehead atoms. The van der Waals surface area contributed by atoms with Gasteiger partial charge in [-0.15, -0.1) is 0 Å². The third kappa shape index (κ3) is 7.18. The first-order chi connectivity index (χ1) is 6.76. The highest BCUT2D eigenvalue weighted by Gasteiger charge is 2.31. The van der Waals surface area contributed by atoms with Crippen molar-refractivity contribution in [3.8, 4) is 0 Å². The molecule has 0 aliphatic rings. The molecule has 15 heavy (non-hydrogen) atoms. The summed E-state index contributed by atoms with van der Waals surface area (Å²) in [5.74, 6) is -1.11. The highest BCUT2D eigenvalue weighted by molar-refractivity contribution is 5.73. The second-order valence-corrected chi connectivity index (χ2v) is 3.57. The summed E-state index contributed by atoms with van der Waals surface area (Å²) in [5.41, 5.74) is 0. The number of rotatable bonds is 6. The van der Waals surface area contributed by atoms with Crippen molar-refractivity contribution >= 4 is 5.97 Å². The highest BCUT2D eigenvalue weighted by atomic mass is 19.4. The van der Waals surface area contributed by atoms with E-state index in [2.05, 4.69) is 5.32 Å². The average molecular weight is 227 g/mol. The molecule has 6 heteroatoms. The first-order valence-corrected chi connectivity index (χ1v) is 4.82. The third-order valence-corrected chi connectivity index (χ3v) is 1.90. The van der Waals surface area contributed by atoms with E-state index in [1.54, 1.807) is 6.92 Å². The van der Waals surface area contributed by atoms with Gasteiger partial charge in [0, 0.05) is 6.04 Å². The number of carbonyl (C=O) groups is 1. The molecule has 90 valence electrons. The minimum absolute atomic E-state index is 0.331. The molecule has 0 heterocycles. The van der Waals surface area contributed by atoms with Crippen molar-refractivity contribution in [2.45, 2.75) is 51.4 Å². The van der Waals surface area contributed by atoms with Gasteiger partial charge in [0.15, 0.2) is 0 Å². The van der Waals surface area contributed by atoms with Crippen LogP contribution in [0.5, 0.6) is 0 Å². The van der Waals surface area contributed by atoms with Crippen molar-refractivity contribution in [1.82, 2.24) is 5.32 Å². The Bertz CT molecular complexity index is 206. The van der Waals surface area contributed by atoms with Crippen LogP contribution in [-0.4, -0.2) is 29.3 Å². The second-order valence-electron chi connectivity index (χ2n) is 3.57. The van der Waals surface area contributed by atoms with Crippen LogP contribution in [0.2, 0.25) is 0 Å². The van der Waals surface area contributed by atoms with Gasteiger partial charge in [0.25, 0.3) is 0 Å². The molecule has 0 saturated heterocycles. The van der Waals surface area contributed by atoms with Crippen LogP contribution in [0.25, 0.3) is 0 Å². The van der Waals surface area contributed by atoms with E-state index in [-0.39, 0.29) is 0 Å². The predicted octanol–water partition coefficient (Wildman–Crippen LogP) is 2.17. The van der Waals surface area contributed by atoms with Crippen molar-refractivity contribution < 1.29 is 23.1 Å². The molecule has 0 aliphatic heterocycles. The number of hydrogen-bond donors (Lipinski definition) is 2. The van der Waals surface area contributed by atoms with Crippen LogP contribution in [-0.2, 0) is 4.79 Å². The average Bonchev–Trinajstić information content (AvgIpc) is 1.99. The van der Waals surface area contributed by atoms with Crippen molar-refractivity contribution in [1.29, 1.82) is 0 Å². The summed E-state index contributed by atoms with van der Waals surface area (Å²) in [6, 6.07) is -1.77. The number of hydrogen-bond acceptors (Lipinski definition) is 2. The van der Waals surface area contributed by atoms with Crippen molar-refractivity contribution in [2.75, 3.05) is 0 Å². The SMILES string of the molecule is CCCC(NC(C)CC(F)(F)F)C(=O)O. The van der Waals surface area contributed by atoms with Gasteiger partial charge in [-0.2, -0.15) is 13.2 Å². The molecular formula is C9H16F3NO2. The van der Waals surface area contributed by atoms with E-state index in [1.165, 1.54) is 6.92 Å². The lowest BCUT2D eigenvalue weighted by atomic mass is 10.1. The molecule has 0 amide bonds. The topological polar surface area (TPSA) is 49.3 Å². The lowest BCUT2D eigenvalue weighted by Gasteiger charge is -2.20. The lowest BCUT2D eigenvalue weighted by Crippen LogP contribution is -2.43. The zero-order valence-corrected chi connectivity index (χ0v) is 8.77. The van der Waals surface area contributed by atoms with E-state index < -0.39 is 30.7 Å². The maximum absolute atomic E-state index is 12.0. The maximum Gasteiger partial charge on any atom is 0.390 e. The fourth-order valence-corrected chi connectivity index (χ4v) is 1.32. The Morgan fingerprint density at radius 3 is 2.33 bits per heavy atom. The predicted molar refractivity (Wildman–Crippen MR) is 49.6 cm³/mol. The number of carboxylic acid groups (broad SMARTS) is 1. The molecule has 2 N–H and O–H groups in total. The van der Waals surface area contributed by atoms with Crippen LogP contribution in [0.3, 0.4) is 0 Å². The summed E-state index contributed by atoms with van der Waals surface area (Å²) < 4.78 is 35.9. The second kappa shape index (κ2) is 5.95. The lowest BCUT2D eigenvalue weighted by molar-refractivity contribution is -0.145. The molecule has 2 atom stereocenters. The Morgan fingerprint density at radius 2 is 2.00 bits per heavy atom. The summed E-state index contributed by atoms with van der Waals surface area (Å²) in [4.78, 5) is 10.6. The molecule has 0 aromatic heterocycles. The van der Waals surface area contributed by atoms with E-state index in [1.807, 2.05) is 0 Å². The molecule has 3 nitrogen and oxygen atoms in total. The Morgan fingerprint density at radius 1 is 1.47 bits per heavy atom. The van der Waals surface area contributed by atoms with Gasteiger partial charge in [-0.05, 0) is 13.3 Å². The summed E-state index contributed by atoms with van der Waals surface area (Å²) in [7, 11) is 0. The fraction of sp³-hybridized carbons (Fsp3) is 0.889. The number of nitrogens with one attached hydrogen (secondary N) is 1.